The van der Waals surface area contributed by atoms with Gasteiger partial charge in [-0.25, -0.2) is 0 Å². The van der Waals surface area contributed by atoms with E-state index in [4.69, 9.17) is 4.74 Å². The number of amides is 1. The van der Waals surface area contributed by atoms with Crippen molar-refractivity contribution in [1.29, 1.82) is 0 Å². The first-order valence-electron chi connectivity index (χ1n) is 10.4. The van der Waals surface area contributed by atoms with Crippen molar-refractivity contribution in [2.75, 3.05) is 13.7 Å². The van der Waals surface area contributed by atoms with Crippen molar-refractivity contribution in [2.24, 2.45) is 0 Å². The summed E-state index contributed by atoms with van der Waals surface area (Å²) in [5.41, 5.74) is 2.88. The summed E-state index contributed by atoms with van der Waals surface area (Å²) in [5, 5.41) is 8.95. The van der Waals surface area contributed by atoms with Crippen molar-refractivity contribution in [3.8, 4) is 22.7 Å². The Bertz CT molecular complexity index is 1230. The maximum Gasteiger partial charge on any atom is 0.312 e. The minimum atomic E-state index is -0.108. The minimum Gasteiger partial charge on any atom is -0.495 e. The second-order valence-electron chi connectivity index (χ2n) is 7.20. The van der Waals surface area contributed by atoms with Crippen LogP contribution in [0.25, 0.3) is 16.9 Å². The van der Waals surface area contributed by atoms with E-state index >= 15 is 0 Å². The number of hydrogen-bond donors (Lipinski definition) is 1. The molecule has 0 aliphatic carbocycles. The zero-order valence-corrected chi connectivity index (χ0v) is 18.5. The normalized spacial score (nSPS) is 10.8. The molecule has 2 heterocycles. The molecule has 0 fully saturated rings. The SMILES string of the molecule is COc1ccccc1-n1c(-c2ccc(C(=O)NCCCCn3cccn3)cc2)csc1=O. The second-order valence-corrected chi connectivity index (χ2v) is 8.02. The van der Waals surface area contributed by atoms with Crippen LogP contribution in [0, 0.1) is 0 Å². The highest BCUT2D eigenvalue weighted by Crippen LogP contribution is 2.28. The van der Waals surface area contributed by atoms with E-state index in [2.05, 4.69) is 10.4 Å². The van der Waals surface area contributed by atoms with Crippen LogP contribution in [0.3, 0.4) is 0 Å². The number of benzene rings is 2. The molecule has 0 saturated carbocycles. The minimum absolute atomic E-state index is 0.0959. The van der Waals surface area contributed by atoms with Crippen LogP contribution in [0.4, 0.5) is 0 Å². The summed E-state index contributed by atoms with van der Waals surface area (Å²) >= 11 is 1.13. The lowest BCUT2D eigenvalue weighted by molar-refractivity contribution is 0.0953. The Hall–Kier alpha value is -3.65. The van der Waals surface area contributed by atoms with Crippen LogP contribution in [0.2, 0.25) is 0 Å². The molecule has 2 aromatic carbocycles. The predicted molar refractivity (Wildman–Crippen MR) is 126 cm³/mol. The summed E-state index contributed by atoms with van der Waals surface area (Å²) in [6, 6.07) is 16.6. The molecule has 8 heteroatoms. The number of carbonyl (C=O) groups is 1. The van der Waals surface area contributed by atoms with E-state index in [0.717, 1.165) is 42.0 Å². The van der Waals surface area contributed by atoms with Crippen LogP contribution in [0.1, 0.15) is 23.2 Å². The first-order valence-corrected chi connectivity index (χ1v) is 11.3. The Morgan fingerprint density at radius 2 is 1.91 bits per heavy atom. The smallest absolute Gasteiger partial charge is 0.312 e. The Morgan fingerprint density at radius 3 is 2.66 bits per heavy atom. The van der Waals surface area contributed by atoms with E-state index in [9.17, 15) is 9.59 Å². The molecule has 0 atom stereocenters. The van der Waals surface area contributed by atoms with Crippen molar-refractivity contribution >= 4 is 17.2 Å². The summed E-state index contributed by atoms with van der Waals surface area (Å²) in [4.78, 5) is 24.9. The molecule has 32 heavy (non-hydrogen) atoms. The average molecular weight is 449 g/mol. The van der Waals surface area contributed by atoms with Gasteiger partial charge in [0.05, 0.1) is 18.5 Å². The molecule has 0 spiro atoms. The monoisotopic (exact) mass is 448 g/mol. The number of ether oxygens (including phenoxy) is 1. The van der Waals surface area contributed by atoms with E-state index in [1.165, 1.54) is 0 Å². The molecule has 0 radical (unpaired) electrons. The average Bonchev–Trinajstić information content (AvgIpc) is 3.48. The van der Waals surface area contributed by atoms with Gasteiger partial charge in [0, 0.05) is 36.4 Å². The highest BCUT2D eigenvalue weighted by Gasteiger charge is 2.15. The third-order valence-electron chi connectivity index (χ3n) is 5.12. The van der Waals surface area contributed by atoms with Gasteiger partial charge >= 0.3 is 4.87 Å². The van der Waals surface area contributed by atoms with E-state index in [1.807, 2.05) is 58.7 Å². The quantitative estimate of drug-likeness (QED) is 0.393. The third-order valence-corrected chi connectivity index (χ3v) is 5.85. The number of para-hydroxylation sites is 2. The predicted octanol–water partition coefficient (Wildman–Crippen LogP) is 3.98. The molecule has 0 aliphatic rings. The lowest BCUT2D eigenvalue weighted by Gasteiger charge is -2.12. The number of unbranched alkanes of at least 4 members (excludes halogenated alkanes) is 1. The van der Waals surface area contributed by atoms with Crippen LogP contribution in [0.5, 0.6) is 5.75 Å². The molecule has 164 valence electrons. The molecule has 4 aromatic rings. The molecule has 4 rings (SSSR count). The van der Waals surface area contributed by atoms with Gasteiger partial charge < -0.3 is 10.1 Å². The summed E-state index contributed by atoms with van der Waals surface area (Å²) in [5.74, 6) is 0.515. The zero-order valence-electron chi connectivity index (χ0n) is 17.7. The number of thiazole rings is 1. The van der Waals surface area contributed by atoms with Crippen LogP contribution in [-0.2, 0) is 6.54 Å². The van der Waals surface area contributed by atoms with Crippen LogP contribution >= 0.6 is 11.3 Å². The molecule has 0 aliphatic heterocycles. The third kappa shape index (κ3) is 4.81. The van der Waals surface area contributed by atoms with Crippen molar-refractivity contribution in [3.63, 3.8) is 0 Å². The summed E-state index contributed by atoms with van der Waals surface area (Å²) in [6.45, 7) is 1.45. The maximum atomic E-state index is 12.6. The zero-order chi connectivity index (χ0) is 22.3. The number of methoxy groups -OCH3 is 1. The molecular formula is C24H24N4O3S. The largest absolute Gasteiger partial charge is 0.495 e. The van der Waals surface area contributed by atoms with E-state index in [-0.39, 0.29) is 10.8 Å². The van der Waals surface area contributed by atoms with Gasteiger partial charge in [0.25, 0.3) is 5.91 Å². The Labute approximate surface area is 189 Å². The van der Waals surface area contributed by atoms with Crippen LogP contribution < -0.4 is 14.9 Å². The van der Waals surface area contributed by atoms with Crippen molar-refractivity contribution in [3.05, 3.63) is 87.6 Å². The molecule has 7 nitrogen and oxygen atoms in total. The van der Waals surface area contributed by atoms with Gasteiger partial charge in [-0.2, -0.15) is 5.10 Å². The van der Waals surface area contributed by atoms with Crippen LogP contribution in [0.15, 0.2) is 77.2 Å². The number of rotatable bonds is 9. The highest BCUT2D eigenvalue weighted by molar-refractivity contribution is 7.07. The maximum absolute atomic E-state index is 12.6. The van der Waals surface area contributed by atoms with Crippen LogP contribution in [-0.4, -0.2) is 33.9 Å². The fourth-order valence-electron chi connectivity index (χ4n) is 3.48. The van der Waals surface area contributed by atoms with E-state index in [1.54, 1.807) is 30.0 Å². The number of hydrogen-bond acceptors (Lipinski definition) is 5. The van der Waals surface area contributed by atoms with Gasteiger partial charge in [-0.05, 0) is 48.7 Å². The second kappa shape index (κ2) is 10.1. The molecule has 0 unspecified atom stereocenters. The number of aromatic nitrogens is 3. The number of aryl methyl sites for hydroxylation is 1. The Morgan fingerprint density at radius 1 is 1.09 bits per heavy atom. The lowest BCUT2D eigenvalue weighted by atomic mass is 10.1. The number of nitrogens with zero attached hydrogens (tertiary/aromatic N) is 3. The summed E-state index contributed by atoms with van der Waals surface area (Å²) in [7, 11) is 1.58. The first kappa shape index (κ1) is 21.6. The molecular weight excluding hydrogens is 424 g/mol. The number of carbonyl (C=O) groups excluding carboxylic acids is 1. The van der Waals surface area contributed by atoms with Crippen molar-refractivity contribution < 1.29 is 9.53 Å². The highest BCUT2D eigenvalue weighted by atomic mass is 32.1. The molecule has 2 aromatic heterocycles. The fourth-order valence-corrected chi connectivity index (χ4v) is 4.23. The Balaban J connectivity index is 1.42. The molecule has 0 bridgehead atoms. The Kier molecular flexibility index (Phi) is 6.81. The fraction of sp³-hybridized carbons (Fsp3) is 0.208. The van der Waals surface area contributed by atoms with Gasteiger partial charge in [-0.1, -0.05) is 35.6 Å². The van der Waals surface area contributed by atoms with Gasteiger partial charge in [-0.15, -0.1) is 0 Å². The van der Waals surface area contributed by atoms with Gasteiger partial charge in [-0.3, -0.25) is 18.8 Å². The van der Waals surface area contributed by atoms with Gasteiger partial charge in [0.1, 0.15) is 5.75 Å². The summed E-state index contributed by atoms with van der Waals surface area (Å²) in [6.07, 6.45) is 5.52. The van der Waals surface area contributed by atoms with E-state index in [0.29, 0.717) is 23.5 Å². The summed E-state index contributed by atoms with van der Waals surface area (Å²) < 4.78 is 8.95. The van der Waals surface area contributed by atoms with E-state index < -0.39 is 0 Å². The van der Waals surface area contributed by atoms with Gasteiger partial charge in [0.2, 0.25) is 0 Å². The number of nitrogens with one attached hydrogen (secondary N) is 1. The topological polar surface area (TPSA) is 78.2 Å². The first-order chi connectivity index (χ1) is 15.7. The molecule has 1 N–H and O–H groups in total. The molecule has 1 amide bonds. The van der Waals surface area contributed by atoms with Crippen molar-refractivity contribution in [2.45, 2.75) is 19.4 Å². The lowest BCUT2D eigenvalue weighted by Crippen LogP contribution is -2.24. The van der Waals surface area contributed by atoms with Crippen molar-refractivity contribution in [1.82, 2.24) is 19.7 Å². The standard InChI is InChI=1S/C24H24N4O3S/c1-31-22-8-3-2-7-20(22)28-21(17-32-24(28)30)18-9-11-19(12-10-18)23(29)25-13-4-5-15-27-16-6-14-26-27/h2-3,6-12,14,16-17H,4-5,13,15H2,1H3,(H,25,29). The molecule has 0 saturated heterocycles. The van der Waals surface area contributed by atoms with Gasteiger partial charge in [0.15, 0.2) is 0 Å².